The molecule has 0 saturated carbocycles. The van der Waals surface area contributed by atoms with Crippen LogP contribution in [0, 0.1) is 20.8 Å². The maximum absolute atomic E-state index is 12.5. The largest absolute Gasteiger partial charge is 0.263 e. The number of benzene rings is 2. The molecule has 0 atom stereocenters. The van der Waals surface area contributed by atoms with E-state index in [0.29, 0.717) is 5.82 Å². The summed E-state index contributed by atoms with van der Waals surface area (Å²) in [5.74, 6) is 0.317. The number of nitrogens with one attached hydrogen (secondary N) is 1. The zero-order chi connectivity index (χ0) is 18.0. The van der Waals surface area contributed by atoms with Crippen LogP contribution >= 0.6 is 0 Å². The van der Waals surface area contributed by atoms with Gasteiger partial charge in [0, 0.05) is 5.56 Å². The second-order valence-electron chi connectivity index (χ2n) is 6.13. The third-order valence-electron chi connectivity index (χ3n) is 4.06. The van der Waals surface area contributed by atoms with E-state index in [2.05, 4.69) is 22.7 Å². The zero-order valence-electron chi connectivity index (χ0n) is 14.4. The van der Waals surface area contributed by atoms with Crippen LogP contribution in [-0.2, 0) is 10.0 Å². The Morgan fingerprint density at radius 3 is 2.24 bits per heavy atom. The summed E-state index contributed by atoms with van der Waals surface area (Å²) < 4.78 is 27.6. The van der Waals surface area contributed by atoms with Crippen LogP contribution in [0.3, 0.4) is 0 Å². The van der Waals surface area contributed by atoms with Crippen LogP contribution in [0.25, 0.3) is 11.3 Å². The number of aromatic nitrogens is 1. The summed E-state index contributed by atoms with van der Waals surface area (Å²) in [4.78, 5) is 4.71. The second-order valence-corrected chi connectivity index (χ2v) is 7.81. The van der Waals surface area contributed by atoms with E-state index in [1.54, 1.807) is 36.4 Å². The average molecular weight is 352 g/mol. The molecule has 25 heavy (non-hydrogen) atoms. The van der Waals surface area contributed by atoms with Gasteiger partial charge in [-0.05, 0) is 67.8 Å². The molecule has 0 saturated heterocycles. The van der Waals surface area contributed by atoms with Crippen LogP contribution in [0.15, 0.2) is 65.6 Å². The van der Waals surface area contributed by atoms with Crippen molar-refractivity contribution in [1.82, 2.24) is 4.98 Å². The second kappa shape index (κ2) is 6.69. The lowest BCUT2D eigenvalue weighted by Crippen LogP contribution is -2.14. The molecule has 128 valence electrons. The van der Waals surface area contributed by atoms with Crippen LogP contribution in [0.5, 0.6) is 0 Å². The van der Waals surface area contributed by atoms with Crippen molar-refractivity contribution in [2.75, 3.05) is 4.72 Å². The van der Waals surface area contributed by atoms with Gasteiger partial charge < -0.3 is 0 Å². The summed E-state index contributed by atoms with van der Waals surface area (Å²) >= 11 is 0. The number of hydrogen-bond acceptors (Lipinski definition) is 3. The summed E-state index contributed by atoms with van der Waals surface area (Å²) in [6.07, 6.45) is 0. The van der Waals surface area contributed by atoms with Crippen LogP contribution in [0.2, 0.25) is 0 Å². The number of nitrogens with zero attached hydrogens (tertiary/aromatic N) is 1. The predicted octanol–water partition coefficient (Wildman–Crippen LogP) is 4.47. The van der Waals surface area contributed by atoms with Crippen LogP contribution < -0.4 is 4.72 Å². The molecule has 1 aromatic heterocycles. The molecule has 4 nitrogen and oxygen atoms in total. The highest BCUT2D eigenvalue weighted by molar-refractivity contribution is 7.92. The van der Waals surface area contributed by atoms with Gasteiger partial charge in [0.05, 0.1) is 10.6 Å². The number of anilines is 1. The first kappa shape index (κ1) is 17.2. The van der Waals surface area contributed by atoms with E-state index in [-0.39, 0.29) is 4.90 Å². The van der Waals surface area contributed by atoms with Crippen molar-refractivity contribution >= 4 is 15.8 Å². The van der Waals surface area contributed by atoms with Gasteiger partial charge in [-0.3, -0.25) is 4.72 Å². The number of pyridine rings is 1. The lowest BCUT2D eigenvalue weighted by Gasteiger charge is -2.11. The summed E-state index contributed by atoms with van der Waals surface area (Å²) in [6.45, 7) is 6.03. The van der Waals surface area contributed by atoms with Gasteiger partial charge in [-0.1, -0.05) is 30.3 Å². The molecule has 0 bridgehead atoms. The number of hydrogen-bond donors (Lipinski definition) is 1. The Morgan fingerprint density at radius 2 is 1.56 bits per heavy atom. The maximum Gasteiger partial charge on any atom is 0.263 e. The molecule has 5 heteroatoms. The summed E-state index contributed by atoms with van der Waals surface area (Å²) in [7, 11) is -3.66. The summed E-state index contributed by atoms with van der Waals surface area (Å²) in [6, 6.07) is 18.1. The molecule has 1 N–H and O–H groups in total. The van der Waals surface area contributed by atoms with Crippen molar-refractivity contribution in [2.24, 2.45) is 0 Å². The topological polar surface area (TPSA) is 59.1 Å². The third-order valence-corrected chi connectivity index (χ3v) is 5.44. The van der Waals surface area contributed by atoms with Crippen molar-refractivity contribution in [3.63, 3.8) is 0 Å². The molecule has 2 aromatic carbocycles. The van der Waals surface area contributed by atoms with E-state index in [9.17, 15) is 8.42 Å². The molecule has 0 spiro atoms. The Bertz CT molecular complexity index is 1010. The molecule has 0 fully saturated rings. The zero-order valence-corrected chi connectivity index (χ0v) is 15.3. The van der Waals surface area contributed by atoms with E-state index in [4.69, 9.17) is 0 Å². The minimum Gasteiger partial charge on any atom is -0.263 e. The quantitative estimate of drug-likeness (QED) is 0.753. The smallest absolute Gasteiger partial charge is 0.263 e. The first-order valence-corrected chi connectivity index (χ1v) is 9.48. The highest BCUT2D eigenvalue weighted by Gasteiger charge is 2.15. The molecule has 1 heterocycles. The third kappa shape index (κ3) is 3.88. The van der Waals surface area contributed by atoms with E-state index in [1.165, 1.54) is 11.1 Å². The van der Waals surface area contributed by atoms with Gasteiger partial charge in [-0.25, -0.2) is 13.4 Å². The number of aryl methyl sites for hydroxylation is 3. The standard InChI is InChI=1S/C20H20N2O2S/c1-14-11-19(17-10-9-15(2)16(3)13-17)21-20(12-14)22-25(23,24)18-7-5-4-6-8-18/h4-13H,1-3H3,(H,21,22). The Kier molecular flexibility index (Phi) is 4.59. The van der Waals surface area contributed by atoms with Crippen LogP contribution in [0.1, 0.15) is 16.7 Å². The van der Waals surface area contributed by atoms with Crippen molar-refractivity contribution in [3.05, 3.63) is 77.4 Å². The van der Waals surface area contributed by atoms with Crippen molar-refractivity contribution in [1.29, 1.82) is 0 Å². The minimum absolute atomic E-state index is 0.214. The van der Waals surface area contributed by atoms with Gasteiger partial charge in [-0.2, -0.15) is 0 Å². The van der Waals surface area contributed by atoms with Gasteiger partial charge in [0.15, 0.2) is 0 Å². The maximum atomic E-state index is 12.5. The molecule has 3 rings (SSSR count). The first-order chi connectivity index (χ1) is 11.8. The fraction of sp³-hybridized carbons (Fsp3) is 0.150. The van der Waals surface area contributed by atoms with Crippen LogP contribution in [0.4, 0.5) is 5.82 Å². The van der Waals surface area contributed by atoms with Crippen molar-refractivity contribution in [2.45, 2.75) is 25.7 Å². The normalized spacial score (nSPS) is 11.3. The summed E-state index contributed by atoms with van der Waals surface area (Å²) in [5.41, 5.74) is 5.03. The Balaban J connectivity index is 1.98. The van der Waals surface area contributed by atoms with Gasteiger partial charge in [0.1, 0.15) is 5.82 Å². The molecular weight excluding hydrogens is 332 g/mol. The highest BCUT2D eigenvalue weighted by Crippen LogP contribution is 2.24. The van der Waals surface area contributed by atoms with Gasteiger partial charge in [0.2, 0.25) is 0 Å². The van der Waals surface area contributed by atoms with E-state index >= 15 is 0 Å². The van der Waals surface area contributed by atoms with Crippen molar-refractivity contribution in [3.8, 4) is 11.3 Å². The molecule has 0 aliphatic rings. The molecule has 0 unspecified atom stereocenters. The van der Waals surface area contributed by atoms with Crippen molar-refractivity contribution < 1.29 is 8.42 Å². The predicted molar refractivity (Wildman–Crippen MR) is 101 cm³/mol. The van der Waals surface area contributed by atoms with E-state index in [1.807, 2.05) is 32.0 Å². The molecule has 0 aliphatic carbocycles. The SMILES string of the molecule is Cc1cc(NS(=O)(=O)c2ccccc2)nc(-c2ccc(C)c(C)c2)c1. The van der Waals surface area contributed by atoms with E-state index in [0.717, 1.165) is 16.8 Å². The van der Waals surface area contributed by atoms with E-state index < -0.39 is 10.0 Å². The first-order valence-electron chi connectivity index (χ1n) is 7.99. The van der Waals surface area contributed by atoms with Gasteiger partial charge in [0.25, 0.3) is 10.0 Å². The lowest BCUT2D eigenvalue weighted by molar-refractivity contribution is 0.601. The Hall–Kier alpha value is -2.66. The minimum atomic E-state index is -3.66. The molecule has 0 amide bonds. The average Bonchev–Trinajstić information content (AvgIpc) is 2.57. The summed E-state index contributed by atoms with van der Waals surface area (Å²) in [5, 5.41) is 0. The fourth-order valence-electron chi connectivity index (χ4n) is 2.56. The van der Waals surface area contributed by atoms with Gasteiger partial charge in [-0.15, -0.1) is 0 Å². The Morgan fingerprint density at radius 1 is 0.840 bits per heavy atom. The molecule has 0 aliphatic heterocycles. The number of sulfonamides is 1. The van der Waals surface area contributed by atoms with Crippen LogP contribution in [-0.4, -0.2) is 13.4 Å². The molecule has 3 aromatic rings. The monoisotopic (exact) mass is 352 g/mol. The fourth-order valence-corrected chi connectivity index (χ4v) is 3.58. The number of rotatable bonds is 4. The molecule has 0 radical (unpaired) electrons. The lowest BCUT2D eigenvalue weighted by atomic mass is 10.0. The molecular formula is C20H20N2O2S. The highest BCUT2D eigenvalue weighted by atomic mass is 32.2. The van der Waals surface area contributed by atoms with Gasteiger partial charge >= 0.3 is 0 Å². The Labute approximate surface area is 148 Å².